The first-order valence-corrected chi connectivity index (χ1v) is 7.31. The molecule has 2 heterocycles. The molecule has 1 saturated carbocycles. The van der Waals surface area contributed by atoms with E-state index in [0.717, 1.165) is 19.4 Å². The van der Waals surface area contributed by atoms with Gasteiger partial charge in [-0.3, -0.25) is 4.79 Å². The van der Waals surface area contributed by atoms with E-state index in [-0.39, 0.29) is 17.4 Å². The van der Waals surface area contributed by atoms with Gasteiger partial charge in [0.15, 0.2) is 5.76 Å². The quantitative estimate of drug-likeness (QED) is 0.922. The van der Waals surface area contributed by atoms with E-state index >= 15 is 0 Å². The Morgan fingerprint density at radius 1 is 1.10 bits per heavy atom. The third-order valence-electron chi connectivity index (χ3n) is 4.53. The largest absolute Gasteiger partial charge is 0.475 e. The second-order valence-corrected chi connectivity index (χ2v) is 5.72. The molecule has 108 valence electrons. The van der Waals surface area contributed by atoms with Crippen molar-refractivity contribution in [1.82, 2.24) is 4.90 Å². The normalized spacial score (nSPS) is 23.4. The molecule has 3 rings (SSSR count). The van der Waals surface area contributed by atoms with Crippen molar-refractivity contribution in [3.8, 4) is 0 Å². The van der Waals surface area contributed by atoms with Gasteiger partial charge in [0.25, 0.3) is 5.91 Å². The molecule has 1 saturated heterocycles. The van der Waals surface area contributed by atoms with Crippen molar-refractivity contribution in [1.29, 1.82) is 0 Å². The second kappa shape index (κ2) is 5.31. The lowest BCUT2D eigenvalue weighted by molar-refractivity contribution is 0.0628. The fourth-order valence-electron chi connectivity index (χ4n) is 3.59. The highest BCUT2D eigenvalue weighted by Crippen LogP contribution is 2.36. The van der Waals surface area contributed by atoms with Crippen molar-refractivity contribution >= 4 is 11.9 Å². The van der Waals surface area contributed by atoms with Crippen LogP contribution in [0.2, 0.25) is 0 Å². The zero-order valence-electron chi connectivity index (χ0n) is 11.4. The van der Waals surface area contributed by atoms with Gasteiger partial charge in [-0.05, 0) is 43.7 Å². The summed E-state index contributed by atoms with van der Waals surface area (Å²) in [6, 6.07) is 3.12. The summed E-state index contributed by atoms with van der Waals surface area (Å²) in [4.78, 5) is 25.2. The molecule has 5 heteroatoms. The number of carboxylic acid groups (broad SMARTS) is 1. The second-order valence-electron chi connectivity index (χ2n) is 5.72. The minimum absolute atomic E-state index is 0.146. The number of nitrogens with zero attached hydrogens (tertiary/aromatic N) is 1. The van der Waals surface area contributed by atoms with E-state index in [2.05, 4.69) is 0 Å². The van der Waals surface area contributed by atoms with Crippen molar-refractivity contribution in [3.63, 3.8) is 0 Å². The third-order valence-corrected chi connectivity index (χ3v) is 4.53. The summed E-state index contributed by atoms with van der Waals surface area (Å²) < 4.78 is 5.14. The Morgan fingerprint density at radius 2 is 1.80 bits per heavy atom. The summed E-state index contributed by atoms with van der Waals surface area (Å²) in [5, 5.41) is 8.85. The first-order chi connectivity index (χ1) is 9.66. The fraction of sp³-hybridized carbons (Fsp3) is 0.600. The van der Waals surface area contributed by atoms with Crippen molar-refractivity contribution in [2.24, 2.45) is 5.92 Å². The zero-order valence-corrected chi connectivity index (χ0v) is 11.4. The average Bonchev–Trinajstić information content (AvgIpc) is 3.17. The number of likely N-dealkylation sites (tertiary alicyclic amines) is 1. The molecular weight excluding hydrogens is 258 g/mol. The Bertz CT molecular complexity index is 516. The van der Waals surface area contributed by atoms with Crippen molar-refractivity contribution in [2.75, 3.05) is 6.54 Å². The Morgan fingerprint density at radius 3 is 2.45 bits per heavy atom. The summed E-state index contributed by atoms with van der Waals surface area (Å²) in [7, 11) is 0. The molecule has 1 atom stereocenters. The first-order valence-electron chi connectivity index (χ1n) is 7.31. The number of aromatic carboxylic acids is 1. The third kappa shape index (κ3) is 2.32. The lowest BCUT2D eigenvalue weighted by atomic mass is 9.96. The van der Waals surface area contributed by atoms with Gasteiger partial charge in [-0.15, -0.1) is 0 Å². The summed E-state index contributed by atoms with van der Waals surface area (Å²) >= 11 is 0. The Balaban J connectivity index is 1.76. The molecule has 1 N–H and O–H groups in total. The van der Waals surface area contributed by atoms with Gasteiger partial charge in [-0.2, -0.15) is 0 Å². The minimum Gasteiger partial charge on any atom is -0.475 e. The van der Waals surface area contributed by atoms with Gasteiger partial charge in [0.05, 0.1) is 0 Å². The molecule has 0 unspecified atom stereocenters. The predicted molar refractivity (Wildman–Crippen MR) is 71.7 cm³/mol. The van der Waals surface area contributed by atoms with Crippen LogP contribution in [0.1, 0.15) is 59.6 Å². The summed E-state index contributed by atoms with van der Waals surface area (Å²) in [6.07, 6.45) is 7.00. The molecule has 1 aromatic heterocycles. The molecule has 1 aromatic rings. The van der Waals surface area contributed by atoms with Gasteiger partial charge >= 0.3 is 5.97 Å². The highest BCUT2D eigenvalue weighted by molar-refractivity contribution is 5.93. The maximum atomic E-state index is 12.5. The van der Waals surface area contributed by atoms with Crippen LogP contribution in [0, 0.1) is 5.92 Å². The maximum Gasteiger partial charge on any atom is 0.371 e. The Hall–Kier alpha value is -1.78. The van der Waals surface area contributed by atoms with Gasteiger partial charge in [0.1, 0.15) is 0 Å². The number of carbonyl (C=O) groups is 2. The van der Waals surface area contributed by atoms with E-state index < -0.39 is 5.97 Å². The molecule has 0 aromatic carbocycles. The summed E-state index contributed by atoms with van der Waals surface area (Å²) in [6.45, 7) is 0.753. The maximum absolute atomic E-state index is 12.5. The monoisotopic (exact) mass is 277 g/mol. The van der Waals surface area contributed by atoms with Gasteiger partial charge in [0, 0.05) is 12.6 Å². The number of furan rings is 1. The number of carbonyl (C=O) groups excluding carboxylic acids is 1. The number of amides is 1. The number of hydrogen-bond acceptors (Lipinski definition) is 3. The smallest absolute Gasteiger partial charge is 0.371 e. The van der Waals surface area contributed by atoms with Crippen molar-refractivity contribution in [3.05, 3.63) is 23.7 Å². The predicted octanol–water partition coefficient (Wildman–Crippen LogP) is 2.77. The molecule has 1 aliphatic heterocycles. The fourth-order valence-corrected chi connectivity index (χ4v) is 3.59. The van der Waals surface area contributed by atoms with Crippen LogP contribution in [-0.4, -0.2) is 34.5 Å². The van der Waals surface area contributed by atoms with Crippen molar-refractivity contribution in [2.45, 2.75) is 44.6 Å². The standard InChI is InChI=1S/C15H19NO4/c17-14(12-7-8-13(20-12)15(18)19)16-9-3-6-11(16)10-4-1-2-5-10/h7-8,10-11H,1-6,9H2,(H,18,19)/t11-/m0/s1. The zero-order chi connectivity index (χ0) is 14.1. The van der Waals surface area contributed by atoms with Crippen LogP contribution < -0.4 is 0 Å². The van der Waals surface area contributed by atoms with Crippen LogP contribution in [0.4, 0.5) is 0 Å². The topological polar surface area (TPSA) is 70.8 Å². The van der Waals surface area contributed by atoms with Gasteiger partial charge in [-0.25, -0.2) is 4.79 Å². The molecule has 0 bridgehead atoms. The highest BCUT2D eigenvalue weighted by Gasteiger charge is 2.37. The van der Waals surface area contributed by atoms with Gasteiger partial charge in [-0.1, -0.05) is 12.8 Å². The van der Waals surface area contributed by atoms with E-state index in [1.165, 1.54) is 37.8 Å². The lowest BCUT2D eigenvalue weighted by Crippen LogP contribution is -2.39. The molecule has 2 aliphatic rings. The molecule has 0 spiro atoms. The molecule has 1 aliphatic carbocycles. The van der Waals surface area contributed by atoms with Crippen LogP contribution in [-0.2, 0) is 0 Å². The van der Waals surface area contributed by atoms with E-state index in [4.69, 9.17) is 9.52 Å². The van der Waals surface area contributed by atoms with Crippen LogP contribution >= 0.6 is 0 Å². The lowest BCUT2D eigenvalue weighted by Gasteiger charge is -2.28. The number of hydrogen-bond donors (Lipinski definition) is 1. The molecule has 1 amide bonds. The van der Waals surface area contributed by atoms with Gasteiger partial charge in [0.2, 0.25) is 5.76 Å². The highest BCUT2D eigenvalue weighted by atomic mass is 16.4. The van der Waals surface area contributed by atoms with E-state index in [0.29, 0.717) is 12.0 Å². The Labute approximate surface area is 117 Å². The van der Waals surface area contributed by atoms with Crippen molar-refractivity contribution < 1.29 is 19.1 Å². The minimum atomic E-state index is -1.14. The first kappa shape index (κ1) is 13.2. The number of rotatable bonds is 3. The molecular formula is C15H19NO4. The SMILES string of the molecule is O=C(O)c1ccc(C(=O)N2CCC[C@H]2C2CCCC2)o1. The van der Waals surface area contributed by atoms with E-state index in [1.54, 1.807) is 0 Å². The Kier molecular flexibility index (Phi) is 3.51. The van der Waals surface area contributed by atoms with Gasteiger partial charge < -0.3 is 14.4 Å². The van der Waals surface area contributed by atoms with Crippen LogP contribution in [0.3, 0.4) is 0 Å². The van der Waals surface area contributed by atoms with Crippen LogP contribution in [0.15, 0.2) is 16.5 Å². The summed E-state index contributed by atoms with van der Waals surface area (Å²) in [5.74, 6) is -0.725. The number of carboxylic acids is 1. The van der Waals surface area contributed by atoms with Crippen LogP contribution in [0.25, 0.3) is 0 Å². The molecule has 20 heavy (non-hydrogen) atoms. The molecule has 5 nitrogen and oxygen atoms in total. The van der Waals surface area contributed by atoms with Crippen LogP contribution in [0.5, 0.6) is 0 Å². The molecule has 2 fully saturated rings. The average molecular weight is 277 g/mol. The van der Waals surface area contributed by atoms with E-state index in [9.17, 15) is 9.59 Å². The summed E-state index contributed by atoms with van der Waals surface area (Å²) in [5.41, 5.74) is 0. The molecule has 0 radical (unpaired) electrons. The van der Waals surface area contributed by atoms with E-state index in [1.807, 2.05) is 4.90 Å².